The average molecular weight is 196 g/mol. The molecule has 0 spiro atoms. The SMILES string of the molecule is NC(=O)c1nccc2c(Cl)c[nH]c12. The molecule has 3 N–H and O–H groups in total. The molecule has 0 aliphatic rings. The highest BCUT2D eigenvalue weighted by molar-refractivity contribution is 6.35. The smallest absolute Gasteiger partial charge is 0.269 e. The number of amides is 1. The third kappa shape index (κ3) is 1.15. The third-order valence-electron chi connectivity index (χ3n) is 1.78. The lowest BCUT2D eigenvalue weighted by atomic mass is 10.2. The fourth-order valence-corrected chi connectivity index (χ4v) is 1.42. The number of nitrogens with one attached hydrogen (secondary N) is 1. The molecule has 0 bridgehead atoms. The summed E-state index contributed by atoms with van der Waals surface area (Å²) in [5.41, 5.74) is 5.92. The molecule has 0 atom stereocenters. The van der Waals surface area contributed by atoms with Gasteiger partial charge in [0.2, 0.25) is 0 Å². The molecule has 4 nitrogen and oxygen atoms in total. The molecule has 0 aliphatic heterocycles. The molecule has 2 aromatic heterocycles. The van der Waals surface area contributed by atoms with Crippen molar-refractivity contribution in [3.8, 4) is 0 Å². The summed E-state index contributed by atoms with van der Waals surface area (Å²) in [7, 11) is 0. The number of carbonyl (C=O) groups is 1. The molecule has 0 radical (unpaired) electrons. The Labute approximate surface area is 78.7 Å². The van der Waals surface area contributed by atoms with E-state index in [0.29, 0.717) is 10.5 Å². The van der Waals surface area contributed by atoms with Crippen molar-refractivity contribution in [3.05, 3.63) is 29.2 Å². The molecule has 0 unspecified atom stereocenters. The van der Waals surface area contributed by atoms with Crippen LogP contribution < -0.4 is 5.73 Å². The van der Waals surface area contributed by atoms with Crippen LogP contribution in [0, 0.1) is 0 Å². The number of halogens is 1. The van der Waals surface area contributed by atoms with Gasteiger partial charge in [-0.1, -0.05) is 11.6 Å². The quantitative estimate of drug-likeness (QED) is 0.720. The van der Waals surface area contributed by atoms with E-state index in [1.54, 1.807) is 12.3 Å². The van der Waals surface area contributed by atoms with Crippen LogP contribution in [0.15, 0.2) is 18.5 Å². The van der Waals surface area contributed by atoms with Gasteiger partial charge in [0.15, 0.2) is 5.69 Å². The Morgan fingerprint density at radius 2 is 2.38 bits per heavy atom. The van der Waals surface area contributed by atoms with E-state index in [4.69, 9.17) is 17.3 Å². The minimum absolute atomic E-state index is 0.212. The van der Waals surface area contributed by atoms with Gasteiger partial charge in [0.05, 0.1) is 10.5 Å². The topological polar surface area (TPSA) is 71.8 Å². The summed E-state index contributed by atoms with van der Waals surface area (Å²) in [5, 5.41) is 1.31. The molecule has 0 saturated carbocycles. The zero-order valence-corrected chi connectivity index (χ0v) is 7.30. The van der Waals surface area contributed by atoms with Crippen LogP contribution in [0.5, 0.6) is 0 Å². The summed E-state index contributed by atoms with van der Waals surface area (Å²) in [4.78, 5) is 17.6. The second-order valence-corrected chi connectivity index (χ2v) is 2.99. The van der Waals surface area contributed by atoms with Crippen molar-refractivity contribution in [2.75, 3.05) is 0 Å². The van der Waals surface area contributed by atoms with Crippen molar-refractivity contribution in [1.82, 2.24) is 9.97 Å². The predicted octanol–water partition coefficient (Wildman–Crippen LogP) is 1.32. The first-order valence-corrected chi connectivity index (χ1v) is 3.99. The molecule has 66 valence electrons. The van der Waals surface area contributed by atoms with E-state index in [1.165, 1.54) is 6.20 Å². The van der Waals surface area contributed by atoms with Gasteiger partial charge < -0.3 is 10.7 Å². The highest BCUT2D eigenvalue weighted by Crippen LogP contribution is 2.23. The number of hydrogen-bond acceptors (Lipinski definition) is 2. The number of nitrogens with zero attached hydrogens (tertiary/aromatic N) is 1. The van der Waals surface area contributed by atoms with E-state index < -0.39 is 5.91 Å². The molecule has 5 heteroatoms. The van der Waals surface area contributed by atoms with E-state index in [1.807, 2.05) is 0 Å². The van der Waals surface area contributed by atoms with Crippen LogP contribution in [-0.2, 0) is 0 Å². The Hall–Kier alpha value is -1.55. The monoisotopic (exact) mass is 195 g/mol. The minimum Gasteiger partial charge on any atom is -0.364 e. The van der Waals surface area contributed by atoms with Crippen LogP contribution in [0.1, 0.15) is 10.5 Å². The molecule has 2 heterocycles. The second-order valence-electron chi connectivity index (χ2n) is 2.58. The van der Waals surface area contributed by atoms with Crippen LogP contribution >= 0.6 is 11.6 Å². The number of hydrogen-bond donors (Lipinski definition) is 2. The second kappa shape index (κ2) is 2.74. The maximum Gasteiger partial charge on any atom is 0.269 e. The summed E-state index contributed by atoms with van der Waals surface area (Å²) in [5.74, 6) is -0.566. The largest absolute Gasteiger partial charge is 0.364 e. The summed E-state index contributed by atoms with van der Waals surface area (Å²) in [6, 6.07) is 1.72. The van der Waals surface area contributed by atoms with Crippen molar-refractivity contribution < 1.29 is 4.79 Å². The van der Waals surface area contributed by atoms with Gasteiger partial charge in [-0.15, -0.1) is 0 Å². The van der Waals surface area contributed by atoms with Gasteiger partial charge in [-0.2, -0.15) is 0 Å². The van der Waals surface area contributed by atoms with E-state index in [0.717, 1.165) is 5.39 Å². The van der Waals surface area contributed by atoms with Gasteiger partial charge in [0.25, 0.3) is 5.91 Å². The number of primary amides is 1. The zero-order valence-electron chi connectivity index (χ0n) is 6.54. The van der Waals surface area contributed by atoms with Crippen molar-refractivity contribution in [2.24, 2.45) is 5.73 Å². The van der Waals surface area contributed by atoms with Gasteiger partial charge in [0, 0.05) is 17.8 Å². The predicted molar refractivity (Wildman–Crippen MR) is 49.6 cm³/mol. The highest BCUT2D eigenvalue weighted by atomic mass is 35.5. The van der Waals surface area contributed by atoms with Gasteiger partial charge in [-0.25, -0.2) is 4.98 Å². The number of aromatic nitrogens is 2. The number of aromatic amines is 1. The number of nitrogens with two attached hydrogens (primary N) is 1. The Balaban J connectivity index is 2.84. The Bertz CT molecular complexity index is 477. The zero-order chi connectivity index (χ0) is 9.42. The fourth-order valence-electron chi connectivity index (χ4n) is 1.21. The van der Waals surface area contributed by atoms with Gasteiger partial charge in [-0.05, 0) is 6.07 Å². The van der Waals surface area contributed by atoms with Crippen LogP contribution in [0.2, 0.25) is 5.02 Å². The average Bonchev–Trinajstić information content (AvgIpc) is 2.48. The number of H-pyrrole nitrogens is 1. The van der Waals surface area contributed by atoms with Gasteiger partial charge >= 0.3 is 0 Å². The summed E-state index contributed by atoms with van der Waals surface area (Å²) in [6.07, 6.45) is 3.10. The Morgan fingerprint density at radius 3 is 3.08 bits per heavy atom. The normalized spacial score (nSPS) is 10.5. The maximum atomic E-state index is 10.9. The van der Waals surface area contributed by atoms with Crippen LogP contribution in [0.3, 0.4) is 0 Å². The molecular weight excluding hydrogens is 190 g/mol. The molecule has 0 fully saturated rings. The van der Waals surface area contributed by atoms with E-state index >= 15 is 0 Å². The van der Waals surface area contributed by atoms with Gasteiger partial charge in [0.1, 0.15) is 0 Å². The molecule has 2 rings (SSSR count). The van der Waals surface area contributed by atoms with Crippen LogP contribution in [0.4, 0.5) is 0 Å². The maximum absolute atomic E-state index is 10.9. The number of rotatable bonds is 1. The van der Waals surface area contributed by atoms with E-state index in [9.17, 15) is 4.79 Å². The Morgan fingerprint density at radius 1 is 1.62 bits per heavy atom. The molecule has 0 aromatic carbocycles. The number of carbonyl (C=O) groups excluding carboxylic acids is 1. The minimum atomic E-state index is -0.566. The standard InChI is InChI=1S/C8H6ClN3O/c9-5-3-12-6-4(5)1-2-11-7(6)8(10)13/h1-3,12H,(H2,10,13). The lowest BCUT2D eigenvalue weighted by molar-refractivity contribution is 0.0997. The van der Waals surface area contributed by atoms with Crippen LogP contribution in [-0.4, -0.2) is 15.9 Å². The van der Waals surface area contributed by atoms with E-state index in [-0.39, 0.29) is 5.69 Å². The lowest BCUT2D eigenvalue weighted by Gasteiger charge is -1.95. The first-order valence-electron chi connectivity index (χ1n) is 3.61. The lowest BCUT2D eigenvalue weighted by Crippen LogP contribution is -2.13. The summed E-state index contributed by atoms with van der Waals surface area (Å²) < 4.78 is 0. The molecular formula is C8H6ClN3O. The van der Waals surface area contributed by atoms with Crippen molar-refractivity contribution >= 4 is 28.4 Å². The number of pyridine rings is 1. The molecule has 13 heavy (non-hydrogen) atoms. The van der Waals surface area contributed by atoms with Gasteiger partial charge in [-0.3, -0.25) is 4.79 Å². The molecule has 0 aliphatic carbocycles. The highest BCUT2D eigenvalue weighted by Gasteiger charge is 2.10. The third-order valence-corrected chi connectivity index (χ3v) is 2.10. The van der Waals surface area contributed by atoms with Crippen molar-refractivity contribution in [1.29, 1.82) is 0 Å². The first-order chi connectivity index (χ1) is 6.20. The summed E-state index contributed by atoms with van der Waals surface area (Å²) >= 11 is 5.84. The van der Waals surface area contributed by atoms with Crippen molar-refractivity contribution in [3.63, 3.8) is 0 Å². The first kappa shape index (κ1) is 8.07. The van der Waals surface area contributed by atoms with E-state index in [2.05, 4.69) is 9.97 Å². The molecule has 2 aromatic rings. The molecule has 0 saturated heterocycles. The summed E-state index contributed by atoms with van der Waals surface area (Å²) in [6.45, 7) is 0. The fraction of sp³-hybridized carbons (Fsp3) is 0. The van der Waals surface area contributed by atoms with Crippen LogP contribution in [0.25, 0.3) is 10.9 Å². The number of fused-ring (bicyclic) bond motifs is 1. The van der Waals surface area contributed by atoms with Crippen molar-refractivity contribution in [2.45, 2.75) is 0 Å². The molecule has 1 amide bonds. The Kier molecular flexibility index (Phi) is 1.70.